The summed E-state index contributed by atoms with van der Waals surface area (Å²) in [5, 5.41) is 9.57. The van der Waals surface area contributed by atoms with Crippen molar-refractivity contribution in [2.75, 3.05) is 39.5 Å². The summed E-state index contributed by atoms with van der Waals surface area (Å²) < 4.78 is 5.46. The number of likely N-dealkylation sites (tertiary alicyclic amines) is 1. The predicted molar refractivity (Wildman–Crippen MR) is 64.4 cm³/mol. The standard InChI is InChI=1S/C13H25NO2/c1-12(2)4-3-6-14(8-12)9-13(10-15)5-7-16-11-13/h15H,3-11H2,1-2H3. The number of rotatable bonds is 3. The summed E-state index contributed by atoms with van der Waals surface area (Å²) in [5.41, 5.74) is 0.460. The highest BCUT2D eigenvalue weighted by molar-refractivity contribution is 4.89. The molecular weight excluding hydrogens is 202 g/mol. The third-order valence-corrected chi connectivity index (χ3v) is 4.06. The average molecular weight is 227 g/mol. The van der Waals surface area contributed by atoms with Crippen molar-refractivity contribution in [3.8, 4) is 0 Å². The Kier molecular flexibility index (Phi) is 3.57. The van der Waals surface area contributed by atoms with E-state index < -0.39 is 0 Å². The highest BCUT2D eigenvalue weighted by Gasteiger charge is 2.38. The normalized spacial score (nSPS) is 35.4. The fraction of sp³-hybridized carbons (Fsp3) is 1.00. The molecule has 0 aromatic rings. The molecule has 0 radical (unpaired) electrons. The van der Waals surface area contributed by atoms with E-state index in [0.717, 1.165) is 32.7 Å². The van der Waals surface area contributed by atoms with Crippen LogP contribution in [0.5, 0.6) is 0 Å². The van der Waals surface area contributed by atoms with Crippen molar-refractivity contribution in [3.05, 3.63) is 0 Å². The van der Waals surface area contributed by atoms with Crippen molar-refractivity contribution in [1.82, 2.24) is 4.90 Å². The largest absolute Gasteiger partial charge is 0.396 e. The van der Waals surface area contributed by atoms with Gasteiger partial charge in [-0.2, -0.15) is 0 Å². The Morgan fingerprint density at radius 1 is 1.31 bits per heavy atom. The van der Waals surface area contributed by atoms with Crippen molar-refractivity contribution in [2.45, 2.75) is 33.1 Å². The van der Waals surface area contributed by atoms with E-state index in [9.17, 15) is 5.11 Å². The van der Waals surface area contributed by atoms with Gasteiger partial charge in [0.2, 0.25) is 0 Å². The molecule has 2 fully saturated rings. The molecule has 94 valence electrons. The molecule has 2 rings (SSSR count). The summed E-state index contributed by atoms with van der Waals surface area (Å²) in [5.74, 6) is 0. The minimum absolute atomic E-state index is 0.0212. The first-order valence-corrected chi connectivity index (χ1v) is 6.46. The van der Waals surface area contributed by atoms with Gasteiger partial charge in [-0.25, -0.2) is 0 Å². The monoisotopic (exact) mass is 227 g/mol. The summed E-state index contributed by atoms with van der Waals surface area (Å²) in [6.45, 7) is 9.86. The fourth-order valence-electron chi connectivity index (χ4n) is 3.10. The molecule has 2 saturated heterocycles. The van der Waals surface area contributed by atoms with Gasteiger partial charge in [0.15, 0.2) is 0 Å². The van der Waals surface area contributed by atoms with E-state index in [1.54, 1.807) is 0 Å². The molecular formula is C13H25NO2. The molecule has 2 heterocycles. The van der Waals surface area contributed by atoms with Crippen molar-refractivity contribution >= 4 is 0 Å². The maximum atomic E-state index is 9.57. The lowest BCUT2D eigenvalue weighted by Crippen LogP contribution is -2.47. The molecule has 1 atom stereocenters. The molecule has 0 aromatic heterocycles. The SMILES string of the molecule is CC1(C)CCCN(CC2(CO)CCOC2)C1. The molecule has 0 saturated carbocycles. The lowest BCUT2D eigenvalue weighted by Gasteiger charge is -2.41. The van der Waals surface area contributed by atoms with Crippen molar-refractivity contribution in [1.29, 1.82) is 0 Å². The Hall–Kier alpha value is -0.120. The van der Waals surface area contributed by atoms with Crippen LogP contribution in [0.3, 0.4) is 0 Å². The predicted octanol–water partition coefficient (Wildman–Crippen LogP) is 1.51. The number of aliphatic hydroxyl groups is 1. The van der Waals surface area contributed by atoms with Gasteiger partial charge in [-0.15, -0.1) is 0 Å². The van der Waals surface area contributed by atoms with Crippen LogP contribution in [0.2, 0.25) is 0 Å². The quantitative estimate of drug-likeness (QED) is 0.793. The number of aliphatic hydroxyl groups excluding tert-OH is 1. The van der Waals surface area contributed by atoms with E-state index in [2.05, 4.69) is 18.7 Å². The molecule has 3 heteroatoms. The third kappa shape index (κ3) is 2.76. The van der Waals surface area contributed by atoms with Crippen LogP contribution in [0.1, 0.15) is 33.1 Å². The maximum absolute atomic E-state index is 9.57. The average Bonchev–Trinajstić information content (AvgIpc) is 2.65. The van der Waals surface area contributed by atoms with E-state index in [1.165, 1.54) is 19.4 Å². The van der Waals surface area contributed by atoms with Crippen LogP contribution in [0.25, 0.3) is 0 Å². The molecule has 0 aliphatic carbocycles. The molecule has 1 N–H and O–H groups in total. The Morgan fingerprint density at radius 3 is 2.69 bits per heavy atom. The number of nitrogens with zero attached hydrogens (tertiary/aromatic N) is 1. The summed E-state index contributed by atoms with van der Waals surface area (Å²) in [6.07, 6.45) is 3.63. The number of piperidine rings is 1. The van der Waals surface area contributed by atoms with Crippen LogP contribution in [0.4, 0.5) is 0 Å². The zero-order valence-electron chi connectivity index (χ0n) is 10.7. The number of hydrogen-bond acceptors (Lipinski definition) is 3. The van der Waals surface area contributed by atoms with E-state index >= 15 is 0 Å². The molecule has 0 amide bonds. The lowest BCUT2D eigenvalue weighted by molar-refractivity contribution is 0.0269. The minimum Gasteiger partial charge on any atom is -0.396 e. The highest BCUT2D eigenvalue weighted by atomic mass is 16.5. The Labute approximate surface area is 98.8 Å². The lowest BCUT2D eigenvalue weighted by atomic mass is 9.81. The van der Waals surface area contributed by atoms with Crippen molar-refractivity contribution in [3.63, 3.8) is 0 Å². The van der Waals surface area contributed by atoms with Gasteiger partial charge in [0.25, 0.3) is 0 Å². The zero-order chi connectivity index (χ0) is 11.6. The second-order valence-electron chi connectivity index (χ2n) is 6.44. The van der Waals surface area contributed by atoms with Gasteiger partial charge in [-0.3, -0.25) is 0 Å². The van der Waals surface area contributed by atoms with E-state index in [4.69, 9.17) is 4.74 Å². The summed E-state index contributed by atoms with van der Waals surface area (Å²) in [6, 6.07) is 0. The first-order chi connectivity index (χ1) is 7.55. The van der Waals surface area contributed by atoms with Gasteiger partial charge in [0.1, 0.15) is 0 Å². The number of ether oxygens (including phenoxy) is 1. The first-order valence-electron chi connectivity index (χ1n) is 6.46. The molecule has 0 aromatic carbocycles. The molecule has 2 aliphatic heterocycles. The van der Waals surface area contributed by atoms with Crippen molar-refractivity contribution in [2.24, 2.45) is 10.8 Å². The highest BCUT2D eigenvalue weighted by Crippen LogP contribution is 2.33. The number of hydrogen-bond donors (Lipinski definition) is 1. The van der Waals surface area contributed by atoms with Crippen LogP contribution in [0, 0.1) is 10.8 Å². The molecule has 3 nitrogen and oxygen atoms in total. The van der Waals surface area contributed by atoms with Gasteiger partial charge < -0.3 is 14.7 Å². The van der Waals surface area contributed by atoms with Crippen LogP contribution in [-0.4, -0.2) is 49.5 Å². The van der Waals surface area contributed by atoms with Gasteiger partial charge in [-0.1, -0.05) is 13.8 Å². The van der Waals surface area contributed by atoms with E-state index in [-0.39, 0.29) is 12.0 Å². The van der Waals surface area contributed by atoms with E-state index in [0.29, 0.717) is 5.41 Å². The molecule has 16 heavy (non-hydrogen) atoms. The smallest absolute Gasteiger partial charge is 0.0557 e. The molecule has 0 bridgehead atoms. The van der Waals surface area contributed by atoms with E-state index in [1.807, 2.05) is 0 Å². The van der Waals surface area contributed by atoms with Crippen LogP contribution in [-0.2, 0) is 4.74 Å². The minimum atomic E-state index is 0.0212. The Morgan fingerprint density at radius 2 is 2.12 bits per heavy atom. The Balaban J connectivity index is 1.93. The summed E-state index contributed by atoms with van der Waals surface area (Å²) in [4.78, 5) is 2.52. The van der Waals surface area contributed by atoms with Gasteiger partial charge in [0.05, 0.1) is 13.2 Å². The molecule has 0 spiro atoms. The maximum Gasteiger partial charge on any atom is 0.0557 e. The summed E-state index contributed by atoms with van der Waals surface area (Å²) >= 11 is 0. The van der Waals surface area contributed by atoms with Crippen LogP contribution in [0.15, 0.2) is 0 Å². The zero-order valence-corrected chi connectivity index (χ0v) is 10.7. The second kappa shape index (κ2) is 4.63. The first kappa shape index (κ1) is 12.3. The molecule has 2 aliphatic rings. The topological polar surface area (TPSA) is 32.7 Å². The van der Waals surface area contributed by atoms with Crippen LogP contribution < -0.4 is 0 Å². The Bertz CT molecular complexity index is 234. The van der Waals surface area contributed by atoms with Gasteiger partial charge in [0, 0.05) is 25.1 Å². The fourth-order valence-corrected chi connectivity index (χ4v) is 3.10. The van der Waals surface area contributed by atoms with Gasteiger partial charge in [-0.05, 0) is 31.2 Å². The van der Waals surface area contributed by atoms with Crippen molar-refractivity contribution < 1.29 is 9.84 Å². The van der Waals surface area contributed by atoms with Gasteiger partial charge >= 0.3 is 0 Å². The molecule has 1 unspecified atom stereocenters. The second-order valence-corrected chi connectivity index (χ2v) is 6.44. The third-order valence-electron chi connectivity index (χ3n) is 4.06. The summed E-state index contributed by atoms with van der Waals surface area (Å²) in [7, 11) is 0. The van der Waals surface area contributed by atoms with Crippen LogP contribution >= 0.6 is 0 Å².